The molecule has 0 saturated carbocycles. The second kappa shape index (κ2) is 20.7. The largest absolute Gasteiger partial charge is 0.467 e. The molecule has 2 aliphatic heterocycles. The minimum Gasteiger partial charge on any atom is -0.467 e. The van der Waals surface area contributed by atoms with Gasteiger partial charge in [0.25, 0.3) is 0 Å². The van der Waals surface area contributed by atoms with Crippen LogP contribution in [0, 0.1) is 0 Å². The molecule has 4 aromatic carbocycles. The molecule has 2 aliphatic rings. The molecule has 0 bridgehead atoms. The van der Waals surface area contributed by atoms with Crippen LogP contribution < -0.4 is 0 Å². The monoisotopic (exact) mass is 797 g/mol. The van der Waals surface area contributed by atoms with Gasteiger partial charge in [-0.1, -0.05) is 102 Å². The molecule has 304 valence electrons. The van der Waals surface area contributed by atoms with Crippen LogP contribution >= 0.6 is 0 Å². The lowest BCUT2D eigenvalue weighted by atomic mass is 9.95. The van der Waals surface area contributed by atoms with Gasteiger partial charge in [0.15, 0.2) is 24.8 Å². The summed E-state index contributed by atoms with van der Waals surface area (Å²) >= 11 is 0. The van der Waals surface area contributed by atoms with E-state index in [9.17, 15) is 25.0 Å². The van der Waals surface area contributed by atoms with Gasteiger partial charge in [0.2, 0.25) is 0 Å². The Hall–Kier alpha value is -5.68. The fourth-order valence-electron chi connectivity index (χ4n) is 6.59. The van der Waals surface area contributed by atoms with E-state index in [0.29, 0.717) is 5.56 Å². The molecule has 0 aliphatic carbocycles. The molecule has 0 spiro atoms. The zero-order chi connectivity index (χ0) is 40.9. The highest BCUT2D eigenvalue weighted by atomic mass is 16.8. The van der Waals surface area contributed by atoms with Gasteiger partial charge in [-0.3, -0.25) is 0 Å². The third kappa shape index (κ3) is 10.4. The second-order valence-corrected chi connectivity index (χ2v) is 13.2. The fourth-order valence-corrected chi connectivity index (χ4v) is 6.59. The van der Waals surface area contributed by atoms with Gasteiger partial charge in [0, 0.05) is 12.0 Å². The Balaban J connectivity index is 1.41. The van der Waals surface area contributed by atoms with Crippen LogP contribution in [0.25, 0.3) is 10.4 Å². The van der Waals surface area contributed by atoms with E-state index in [1.165, 1.54) is 19.2 Å². The van der Waals surface area contributed by atoms with Gasteiger partial charge in [0.05, 0.1) is 31.5 Å². The van der Waals surface area contributed by atoms with Gasteiger partial charge >= 0.3 is 17.9 Å². The summed E-state index contributed by atoms with van der Waals surface area (Å²) in [6.45, 7) is -0.533. The molecule has 16 heteroatoms. The topological polar surface area (TPSA) is 203 Å². The normalized spacial score (nSPS) is 26.7. The lowest BCUT2D eigenvalue weighted by Crippen LogP contribution is -2.66. The van der Waals surface area contributed by atoms with Crippen LogP contribution in [0.5, 0.6) is 0 Å². The van der Waals surface area contributed by atoms with Crippen LogP contribution in [0.15, 0.2) is 126 Å². The van der Waals surface area contributed by atoms with E-state index in [4.69, 9.17) is 42.6 Å². The number of carbonyl (C=O) groups is 3. The number of esters is 3. The Morgan fingerprint density at radius 3 is 1.76 bits per heavy atom. The smallest absolute Gasteiger partial charge is 0.338 e. The molecule has 2 saturated heterocycles. The Morgan fingerprint density at radius 2 is 1.22 bits per heavy atom. The molecule has 0 amide bonds. The van der Waals surface area contributed by atoms with Crippen molar-refractivity contribution >= 4 is 17.9 Å². The van der Waals surface area contributed by atoms with Crippen LogP contribution in [0.3, 0.4) is 0 Å². The molecule has 6 rings (SSSR count). The molecule has 10 atom stereocenters. The lowest BCUT2D eigenvalue weighted by molar-refractivity contribution is -0.347. The zero-order valence-corrected chi connectivity index (χ0v) is 31.6. The molecule has 58 heavy (non-hydrogen) atoms. The van der Waals surface area contributed by atoms with Crippen molar-refractivity contribution in [3.63, 3.8) is 0 Å². The number of ether oxygens (including phenoxy) is 9. The van der Waals surface area contributed by atoms with Crippen molar-refractivity contribution in [3.8, 4) is 0 Å². The zero-order valence-electron chi connectivity index (χ0n) is 31.6. The summed E-state index contributed by atoms with van der Waals surface area (Å²) in [4.78, 5) is 43.1. The van der Waals surface area contributed by atoms with E-state index in [-0.39, 0.29) is 24.3 Å². The van der Waals surface area contributed by atoms with Crippen LogP contribution in [0.1, 0.15) is 31.8 Å². The number of hydrogen-bond acceptors (Lipinski definition) is 14. The first-order chi connectivity index (χ1) is 28.3. The molecule has 16 nitrogen and oxygen atoms in total. The van der Waals surface area contributed by atoms with E-state index in [1.807, 2.05) is 36.4 Å². The maximum absolute atomic E-state index is 13.7. The molecule has 2 heterocycles. The number of hydrogen-bond donors (Lipinski definition) is 1. The molecular formula is C42H43N3O13. The average molecular weight is 798 g/mol. The van der Waals surface area contributed by atoms with E-state index >= 15 is 0 Å². The third-order valence-corrected chi connectivity index (χ3v) is 9.49. The van der Waals surface area contributed by atoms with E-state index in [0.717, 1.165) is 12.7 Å². The van der Waals surface area contributed by atoms with Crippen LogP contribution in [0.2, 0.25) is 0 Å². The summed E-state index contributed by atoms with van der Waals surface area (Å²) in [6, 6.07) is 33.3. The highest BCUT2D eigenvalue weighted by Crippen LogP contribution is 2.35. The van der Waals surface area contributed by atoms with Crippen molar-refractivity contribution in [3.05, 3.63) is 154 Å². The SMILES string of the molecule is COC(=O)C1O[C@@H](O[C@H]2C(COC(=O)c3ccccc3)O[C@@H](OC)C(N=[N+]=[N-])[C@H]2OCc2ccccc2)C(OC(=O)c2ccccc2)[C@H](OCc2ccccc2)[C@H]1O. The molecular weight excluding hydrogens is 754 g/mol. The summed E-state index contributed by atoms with van der Waals surface area (Å²) in [6.07, 6.45) is -13.2. The number of benzene rings is 4. The first-order valence-electron chi connectivity index (χ1n) is 18.4. The highest BCUT2D eigenvalue weighted by Gasteiger charge is 2.56. The molecule has 4 aromatic rings. The van der Waals surface area contributed by atoms with Crippen molar-refractivity contribution in [2.75, 3.05) is 20.8 Å². The summed E-state index contributed by atoms with van der Waals surface area (Å²) in [5, 5.41) is 15.6. The number of azide groups is 1. The van der Waals surface area contributed by atoms with Crippen molar-refractivity contribution in [2.45, 2.75) is 74.6 Å². The Labute approximate surface area is 334 Å². The minimum atomic E-state index is -1.73. The lowest BCUT2D eigenvalue weighted by Gasteiger charge is -2.48. The third-order valence-electron chi connectivity index (χ3n) is 9.49. The Bertz CT molecular complexity index is 1970. The number of aliphatic hydroxyl groups is 1. The number of nitrogens with zero attached hydrogens (tertiary/aromatic N) is 3. The number of rotatable bonds is 16. The Kier molecular flexibility index (Phi) is 14.9. The van der Waals surface area contributed by atoms with Gasteiger partial charge in [0.1, 0.15) is 43.2 Å². The predicted octanol–water partition coefficient (Wildman–Crippen LogP) is 4.93. The summed E-state index contributed by atoms with van der Waals surface area (Å²) in [7, 11) is 2.46. The number of carbonyl (C=O) groups excluding carboxylic acids is 3. The number of aliphatic hydroxyl groups excluding tert-OH is 1. The Morgan fingerprint density at radius 1 is 0.690 bits per heavy atom. The maximum atomic E-state index is 13.7. The van der Waals surface area contributed by atoms with E-state index in [2.05, 4.69) is 10.0 Å². The second-order valence-electron chi connectivity index (χ2n) is 13.2. The predicted molar refractivity (Wildman–Crippen MR) is 203 cm³/mol. The molecule has 2 fully saturated rings. The van der Waals surface area contributed by atoms with Gasteiger partial charge in [-0.2, -0.15) is 0 Å². The fraction of sp³-hybridized carbons (Fsp3) is 0.357. The van der Waals surface area contributed by atoms with Gasteiger partial charge in [-0.05, 0) is 40.9 Å². The van der Waals surface area contributed by atoms with Crippen molar-refractivity contribution in [1.29, 1.82) is 0 Å². The summed E-state index contributed by atoms with van der Waals surface area (Å²) in [5.41, 5.74) is 11.6. The molecule has 4 unspecified atom stereocenters. The molecule has 0 aromatic heterocycles. The highest BCUT2D eigenvalue weighted by molar-refractivity contribution is 5.90. The van der Waals surface area contributed by atoms with Crippen LogP contribution in [0.4, 0.5) is 0 Å². The van der Waals surface area contributed by atoms with Crippen LogP contribution in [-0.2, 0) is 60.6 Å². The first kappa shape index (κ1) is 41.9. The summed E-state index contributed by atoms with van der Waals surface area (Å²) < 4.78 is 54.1. The number of methoxy groups -OCH3 is 2. The van der Waals surface area contributed by atoms with Crippen LogP contribution in [-0.4, -0.2) is 105 Å². The first-order valence-corrected chi connectivity index (χ1v) is 18.4. The standard InChI is InChI=1S/C42H43N3O13/c1-50-40(49)36-32(46)35(53-24-27-17-9-4-10-18-27)37(56-39(48)29-21-13-6-14-22-29)42(58-36)57-33-30(25-54-38(47)28-19-11-5-12-20-28)55-41(51-2)31(44-45-43)34(33)52-23-26-15-7-3-8-16-26/h3-22,30-37,41-42,46H,23-25H2,1-2H3/t30?,31?,32-,33+,34-,35-,36?,37?,41-,42-/m1/s1. The quantitative estimate of drug-likeness (QED) is 0.0526. The van der Waals surface area contributed by atoms with Gasteiger partial charge in [-0.15, -0.1) is 0 Å². The van der Waals surface area contributed by atoms with Crippen molar-refractivity contribution in [2.24, 2.45) is 5.11 Å². The van der Waals surface area contributed by atoms with E-state index in [1.54, 1.807) is 72.8 Å². The maximum Gasteiger partial charge on any atom is 0.338 e. The van der Waals surface area contributed by atoms with Gasteiger partial charge < -0.3 is 47.7 Å². The summed E-state index contributed by atoms with van der Waals surface area (Å²) in [5.74, 6) is -2.47. The van der Waals surface area contributed by atoms with E-state index < -0.39 is 85.9 Å². The van der Waals surface area contributed by atoms with Crippen molar-refractivity contribution < 1.29 is 62.1 Å². The minimum absolute atomic E-state index is 0.0139. The average Bonchev–Trinajstić information content (AvgIpc) is 3.27. The molecule has 0 radical (unpaired) electrons. The molecule has 1 N–H and O–H groups in total. The van der Waals surface area contributed by atoms with Crippen molar-refractivity contribution in [1.82, 2.24) is 0 Å². The van der Waals surface area contributed by atoms with Gasteiger partial charge in [-0.25, -0.2) is 14.4 Å².